The van der Waals surface area contributed by atoms with Gasteiger partial charge in [-0.1, -0.05) is 6.07 Å². The van der Waals surface area contributed by atoms with Gasteiger partial charge in [-0.25, -0.2) is 0 Å². The first-order chi connectivity index (χ1) is 12.5. The lowest BCUT2D eigenvalue weighted by Crippen LogP contribution is -2.27. The van der Waals surface area contributed by atoms with E-state index >= 15 is 0 Å². The van der Waals surface area contributed by atoms with Crippen LogP contribution in [0.1, 0.15) is 24.1 Å². The second kappa shape index (κ2) is 5.91. The number of aromatic amines is 1. The summed E-state index contributed by atoms with van der Waals surface area (Å²) in [5, 5.41) is 23.1. The molecule has 0 aliphatic heterocycles. The number of aromatic nitrogens is 1. The molecule has 1 heterocycles. The molecule has 1 saturated carbocycles. The van der Waals surface area contributed by atoms with Crippen molar-refractivity contribution in [3.05, 3.63) is 53.7 Å². The Balaban J connectivity index is 1.58. The Morgan fingerprint density at radius 2 is 1.92 bits per heavy atom. The molecule has 1 aliphatic carbocycles. The molecule has 0 atom stereocenters. The number of carbonyl (C=O) groups is 2. The Morgan fingerprint density at radius 3 is 2.62 bits per heavy atom. The van der Waals surface area contributed by atoms with Crippen molar-refractivity contribution in [2.24, 2.45) is 0 Å². The molecule has 0 bridgehead atoms. The van der Waals surface area contributed by atoms with Gasteiger partial charge in [-0.3, -0.25) is 4.79 Å². The third-order valence-electron chi connectivity index (χ3n) is 4.95. The van der Waals surface area contributed by atoms with E-state index in [4.69, 9.17) is 0 Å². The lowest BCUT2D eigenvalue weighted by Gasteiger charge is -2.16. The second-order valence-corrected chi connectivity index (χ2v) is 6.71. The predicted molar refractivity (Wildman–Crippen MR) is 97.4 cm³/mol. The lowest BCUT2D eigenvalue weighted by atomic mass is 9.94. The van der Waals surface area contributed by atoms with Crippen molar-refractivity contribution >= 4 is 28.8 Å². The molecule has 1 aliphatic rings. The minimum Gasteiger partial charge on any atom is -0.504 e. The Labute approximate surface area is 149 Å². The number of nitrogens with one attached hydrogen (secondary N) is 2. The van der Waals surface area contributed by atoms with Crippen molar-refractivity contribution in [1.82, 2.24) is 4.98 Å². The molecule has 2 aromatic carbocycles. The second-order valence-electron chi connectivity index (χ2n) is 6.71. The number of carbonyl (C=O) groups excluding carboxylic acids is 2. The van der Waals surface area contributed by atoms with Gasteiger partial charge in [-0.05, 0) is 54.8 Å². The van der Waals surface area contributed by atoms with Gasteiger partial charge in [0.15, 0.2) is 11.5 Å². The molecule has 0 radical (unpaired) electrons. The Kier molecular flexibility index (Phi) is 3.68. The molecule has 26 heavy (non-hydrogen) atoms. The molecule has 0 saturated heterocycles. The molecule has 4 rings (SSSR count). The number of aromatic hydroxyl groups is 2. The van der Waals surface area contributed by atoms with E-state index in [1.807, 2.05) is 24.3 Å². The molecule has 1 amide bonds. The highest BCUT2D eigenvalue weighted by Gasteiger charge is 2.51. The van der Waals surface area contributed by atoms with Crippen LogP contribution in [0.2, 0.25) is 0 Å². The Morgan fingerprint density at radius 1 is 1.12 bits per heavy atom. The summed E-state index contributed by atoms with van der Waals surface area (Å²) in [6, 6.07) is 12.0. The average molecular weight is 350 g/mol. The fraction of sp³-hybridized carbons (Fsp3) is 0.200. The minimum absolute atomic E-state index is 0.134. The minimum atomic E-state index is -0.666. The van der Waals surface area contributed by atoms with Crippen LogP contribution in [-0.4, -0.2) is 27.4 Å². The lowest BCUT2D eigenvalue weighted by molar-refractivity contribution is -0.118. The molecular formula is C20H18N2O4. The Hall–Kier alpha value is -3.28. The number of anilines is 1. The zero-order chi connectivity index (χ0) is 18.3. The number of rotatable bonds is 5. The maximum absolute atomic E-state index is 12.8. The van der Waals surface area contributed by atoms with Gasteiger partial charge >= 0.3 is 0 Å². The van der Waals surface area contributed by atoms with E-state index in [0.29, 0.717) is 30.5 Å². The quantitative estimate of drug-likeness (QED) is 0.419. The van der Waals surface area contributed by atoms with Crippen LogP contribution < -0.4 is 5.32 Å². The van der Waals surface area contributed by atoms with Gasteiger partial charge in [0.1, 0.15) is 6.29 Å². The number of hydrogen-bond donors (Lipinski definition) is 4. The van der Waals surface area contributed by atoms with Gasteiger partial charge in [0.2, 0.25) is 5.91 Å². The smallest absolute Gasteiger partial charge is 0.235 e. The summed E-state index contributed by atoms with van der Waals surface area (Å²) >= 11 is 0. The molecule has 132 valence electrons. The van der Waals surface area contributed by atoms with Crippen LogP contribution in [0, 0.1) is 0 Å². The van der Waals surface area contributed by atoms with Gasteiger partial charge in [0.25, 0.3) is 0 Å². The standard InChI is InChI=1S/C20H18N2O4/c23-8-5-15-10-12-9-14(2-3-16(12)21-15)22-19(26)20(6-7-20)13-1-4-17(24)18(25)11-13/h1-4,8-11,21,24-25H,5-7H2,(H,22,26). The molecule has 0 spiro atoms. The highest BCUT2D eigenvalue weighted by molar-refractivity contribution is 6.02. The van der Waals surface area contributed by atoms with Gasteiger partial charge in [-0.2, -0.15) is 0 Å². The van der Waals surface area contributed by atoms with E-state index in [2.05, 4.69) is 10.3 Å². The number of fused-ring (bicyclic) bond motifs is 1. The molecule has 3 aromatic rings. The van der Waals surface area contributed by atoms with Gasteiger partial charge in [-0.15, -0.1) is 0 Å². The monoisotopic (exact) mass is 350 g/mol. The summed E-state index contributed by atoms with van der Waals surface area (Å²) in [5.41, 5.74) is 2.44. The van der Waals surface area contributed by atoms with E-state index in [0.717, 1.165) is 22.9 Å². The highest BCUT2D eigenvalue weighted by atomic mass is 16.3. The van der Waals surface area contributed by atoms with Crippen LogP contribution in [0.5, 0.6) is 11.5 Å². The van der Waals surface area contributed by atoms with E-state index < -0.39 is 5.41 Å². The number of benzene rings is 2. The molecular weight excluding hydrogens is 332 g/mol. The maximum atomic E-state index is 12.8. The van der Waals surface area contributed by atoms with Crippen molar-refractivity contribution in [3.8, 4) is 11.5 Å². The van der Waals surface area contributed by atoms with Crippen LogP contribution in [-0.2, 0) is 21.4 Å². The zero-order valence-corrected chi connectivity index (χ0v) is 14.0. The first-order valence-electron chi connectivity index (χ1n) is 8.41. The summed E-state index contributed by atoms with van der Waals surface area (Å²) in [6.07, 6.45) is 2.55. The van der Waals surface area contributed by atoms with Crippen LogP contribution in [0.4, 0.5) is 5.69 Å². The number of phenolic OH excluding ortho intramolecular Hbond substituents is 2. The summed E-state index contributed by atoms with van der Waals surface area (Å²) < 4.78 is 0. The predicted octanol–water partition coefficient (Wildman–Crippen LogP) is 2.99. The number of hydrogen-bond acceptors (Lipinski definition) is 4. The highest BCUT2D eigenvalue weighted by Crippen LogP contribution is 2.50. The van der Waals surface area contributed by atoms with Crippen molar-refractivity contribution in [3.63, 3.8) is 0 Å². The van der Waals surface area contributed by atoms with Crippen molar-refractivity contribution < 1.29 is 19.8 Å². The summed E-state index contributed by atoms with van der Waals surface area (Å²) in [5.74, 6) is -0.558. The molecule has 4 N–H and O–H groups in total. The largest absolute Gasteiger partial charge is 0.504 e. The topological polar surface area (TPSA) is 102 Å². The molecule has 6 nitrogen and oxygen atoms in total. The first kappa shape index (κ1) is 16.2. The van der Waals surface area contributed by atoms with Crippen LogP contribution in [0.3, 0.4) is 0 Å². The fourth-order valence-electron chi connectivity index (χ4n) is 3.31. The van der Waals surface area contributed by atoms with Gasteiger partial charge in [0, 0.05) is 28.7 Å². The summed E-state index contributed by atoms with van der Waals surface area (Å²) in [4.78, 5) is 26.6. The van der Waals surface area contributed by atoms with Crippen molar-refractivity contribution in [2.45, 2.75) is 24.7 Å². The molecule has 6 heteroatoms. The number of H-pyrrole nitrogens is 1. The SMILES string of the molecule is O=CCc1cc2cc(NC(=O)C3(c4ccc(O)c(O)c4)CC3)ccc2[nH]1. The van der Waals surface area contributed by atoms with Crippen molar-refractivity contribution in [1.29, 1.82) is 0 Å². The first-order valence-corrected chi connectivity index (χ1v) is 8.41. The summed E-state index contributed by atoms with van der Waals surface area (Å²) in [6.45, 7) is 0. The zero-order valence-electron chi connectivity index (χ0n) is 14.0. The van der Waals surface area contributed by atoms with Crippen LogP contribution >= 0.6 is 0 Å². The van der Waals surface area contributed by atoms with Crippen molar-refractivity contribution in [2.75, 3.05) is 5.32 Å². The number of amides is 1. The number of phenols is 2. The normalized spacial score (nSPS) is 14.9. The van der Waals surface area contributed by atoms with Gasteiger partial charge < -0.3 is 25.3 Å². The molecule has 1 aromatic heterocycles. The molecule has 1 fully saturated rings. The van der Waals surface area contributed by atoms with Crippen LogP contribution in [0.15, 0.2) is 42.5 Å². The average Bonchev–Trinajstić information content (AvgIpc) is 3.33. The third kappa shape index (κ3) is 2.69. The van der Waals surface area contributed by atoms with E-state index in [1.165, 1.54) is 12.1 Å². The number of aldehydes is 1. The van der Waals surface area contributed by atoms with E-state index in [-0.39, 0.29) is 17.4 Å². The van der Waals surface area contributed by atoms with E-state index in [1.54, 1.807) is 6.07 Å². The maximum Gasteiger partial charge on any atom is 0.235 e. The van der Waals surface area contributed by atoms with Gasteiger partial charge in [0.05, 0.1) is 5.41 Å². The fourth-order valence-corrected chi connectivity index (χ4v) is 3.31. The Bertz CT molecular complexity index is 1020. The van der Waals surface area contributed by atoms with E-state index in [9.17, 15) is 19.8 Å². The summed E-state index contributed by atoms with van der Waals surface area (Å²) in [7, 11) is 0. The third-order valence-corrected chi connectivity index (χ3v) is 4.95. The molecule has 0 unspecified atom stereocenters. The van der Waals surface area contributed by atoms with Crippen LogP contribution in [0.25, 0.3) is 10.9 Å².